The van der Waals surface area contributed by atoms with Gasteiger partial charge in [0.1, 0.15) is 5.82 Å². The number of nitrogens with zero attached hydrogens (tertiary/aromatic N) is 2. The number of aryl methyl sites for hydroxylation is 2. The Kier molecular flexibility index (Phi) is 4.32. The van der Waals surface area contributed by atoms with Crippen LogP contribution in [-0.2, 0) is 24.0 Å². The van der Waals surface area contributed by atoms with Gasteiger partial charge < -0.3 is 10.1 Å². The molecule has 1 aliphatic heterocycles. The molecule has 1 saturated heterocycles. The molecule has 0 amide bonds. The molecule has 1 aromatic heterocycles. The lowest BCUT2D eigenvalue weighted by Gasteiger charge is -2.25. The highest BCUT2D eigenvalue weighted by atomic mass is 16.5. The lowest BCUT2D eigenvalue weighted by atomic mass is 9.85. The largest absolute Gasteiger partial charge is 0.378 e. The van der Waals surface area contributed by atoms with Crippen molar-refractivity contribution < 1.29 is 4.74 Å². The minimum atomic E-state index is 0.341. The third-order valence-electron chi connectivity index (χ3n) is 4.56. The summed E-state index contributed by atoms with van der Waals surface area (Å²) >= 11 is 0. The summed E-state index contributed by atoms with van der Waals surface area (Å²) in [6, 6.07) is 0. The zero-order chi connectivity index (χ0) is 13.9. The molecule has 20 heavy (non-hydrogen) atoms. The molecule has 0 spiro atoms. The lowest BCUT2D eigenvalue weighted by molar-refractivity contribution is 0.109. The van der Waals surface area contributed by atoms with Gasteiger partial charge in [0.15, 0.2) is 0 Å². The second kappa shape index (κ2) is 6.19. The molecule has 2 heterocycles. The van der Waals surface area contributed by atoms with Crippen molar-refractivity contribution in [2.45, 2.75) is 51.6 Å². The van der Waals surface area contributed by atoms with E-state index in [2.05, 4.69) is 12.2 Å². The standard InChI is InChI=1S/C16H25N3O/c1-11-14-8-12(10-17-2)5-6-15(14)19-16(18-11)9-13-4-3-7-20-13/h12-13,17H,3-10H2,1-2H3. The third kappa shape index (κ3) is 3.01. The van der Waals surface area contributed by atoms with Crippen molar-refractivity contribution in [3.63, 3.8) is 0 Å². The minimum Gasteiger partial charge on any atom is -0.378 e. The maximum absolute atomic E-state index is 5.70. The van der Waals surface area contributed by atoms with Gasteiger partial charge in [0.05, 0.1) is 6.10 Å². The first-order chi connectivity index (χ1) is 9.76. The second-order valence-electron chi connectivity index (χ2n) is 6.16. The van der Waals surface area contributed by atoms with E-state index in [9.17, 15) is 0 Å². The Morgan fingerprint density at radius 1 is 1.30 bits per heavy atom. The zero-order valence-corrected chi connectivity index (χ0v) is 12.6. The van der Waals surface area contributed by atoms with Gasteiger partial charge in [-0.3, -0.25) is 0 Å². The highest BCUT2D eigenvalue weighted by Gasteiger charge is 2.24. The van der Waals surface area contributed by atoms with Crippen LogP contribution in [0.2, 0.25) is 0 Å². The van der Waals surface area contributed by atoms with Crippen molar-refractivity contribution >= 4 is 0 Å². The van der Waals surface area contributed by atoms with Crippen LogP contribution in [0.15, 0.2) is 0 Å². The summed E-state index contributed by atoms with van der Waals surface area (Å²) in [6.07, 6.45) is 7.03. The second-order valence-corrected chi connectivity index (χ2v) is 6.16. The van der Waals surface area contributed by atoms with Gasteiger partial charge in [-0.15, -0.1) is 0 Å². The maximum atomic E-state index is 5.70. The van der Waals surface area contributed by atoms with Gasteiger partial charge in [-0.25, -0.2) is 9.97 Å². The van der Waals surface area contributed by atoms with Crippen LogP contribution in [0.3, 0.4) is 0 Å². The van der Waals surface area contributed by atoms with E-state index in [1.165, 1.54) is 29.8 Å². The average molecular weight is 275 g/mol. The first kappa shape index (κ1) is 14.0. The Bertz CT molecular complexity index is 469. The fourth-order valence-electron chi connectivity index (χ4n) is 3.49. The molecule has 0 saturated carbocycles. The molecule has 4 heteroatoms. The van der Waals surface area contributed by atoms with E-state index in [0.717, 1.165) is 50.6 Å². The molecular formula is C16H25N3O. The smallest absolute Gasteiger partial charge is 0.131 e. The van der Waals surface area contributed by atoms with Gasteiger partial charge in [-0.2, -0.15) is 0 Å². The maximum Gasteiger partial charge on any atom is 0.131 e. The molecule has 1 N–H and O–H groups in total. The van der Waals surface area contributed by atoms with Crippen LogP contribution in [0.1, 0.15) is 42.0 Å². The number of aromatic nitrogens is 2. The summed E-state index contributed by atoms with van der Waals surface area (Å²) in [5, 5.41) is 3.29. The average Bonchev–Trinajstić information content (AvgIpc) is 2.93. The highest BCUT2D eigenvalue weighted by Crippen LogP contribution is 2.26. The topological polar surface area (TPSA) is 47.0 Å². The molecule has 0 radical (unpaired) electrons. The van der Waals surface area contributed by atoms with Crippen molar-refractivity contribution in [3.05, 3.63) is 22.8 Å². The summed E-state index contributed by atoms with van der Waals surface area (Å²) in [6.45, 7) is 4.14. The molecular weight excluding hydrogens is 250 g/mol. The summed E-state index contributed by atoms with van der Waals surface area (Å²) in [4.78, 5) is 9.55. The fraction of sp³-hybridized carbons (Fsp3) is 0.750. The monoisotopic (exact) mass is 275 g/mol. The van der Waals surface area contributed by atoms with E-state index in [0.29, 0.717) is 6.10 Å². The Morgan fingerprint density at radius 3 is 2.95 bits per heavy atom. The van der Waals surface area contributed by atoms with Crippen LogP contribution in [0.25, 0.3) is 0 Å². The Morgan fingerprint density at radius 2 is 2.20 bits per heavy atom. The van der Waals surface area contributed by atoms with E-state index in [1.807, 2.05) is 7.05 Å². The van der Waals surface area contributed by atoms with Crippen LogP contribution >= 0.6 is 0 Å². The van der Waals surface area contributed by atoms with Gasteiger partial charge in [0, 0.05) is 24.4 Å². The highest BCUT2D eigenvalue weighted by molar-refractivity contribution is 5.28. The Hall–Kier alpha value is -1.00. The predicted molar refractivity (Wildman–Crippen MR) is 78.9 cm³/mol. The first-order valence-electron chi connectivity index (χ1n) is 7.87. The van der Waals surface area contributed by atoms with Crippen LogP contribution in [0.5, 0.6) is 0 Å². The van der Waals surface area contributed by atoms with Crippen LogP contribution in [0, 0.1) is 12.8 Å². The number of nitrogens with one attached hydrogen (secondary N) is 1. The Labute approximate surface area is 121 Å². The number of rotatable bonds is 4. The molecule has 2 aliphatic rings. The first-order valence-corrected chi connectivity index (χ1v) is 7.87. The van der Waals surface area contributed by atoms with Crippen LogP contribution < -0.4 is 5.32 Å². The van der Waals surface area contributed by atoms with E-state index < -0.39 is 0 Å². The Balaban J connectivity index is 1.75. The third-order valence-corrected chi connectivity index (χ3v) is 4.56. The molecule has 110 valence electrons. The minimum absolute atomic E-state index is 0.341. The van der Waals surface area contributed by atoms with Crippen molar-refractivity contribution in [2.75, 3.05) is 20.2 Å². The molecule has 2 unspecified atom stereocenters. The number of hydrogen-bond acceptors (Lipinski definition) is 4. The number of ether oxygens (including phenoxy) is 1. The van der Waals surface area contributed by atoms with E-state index >= 15 is 0 Å². The van der Waals surface area contributed by atoms with Crippen molar-refractivity contribution in [1.29, 1.82) is 0 Å². The van der Waals surface area contributed by atoms with Crippen LogP contribution in [-0.4, -0.2) is 36.3 Å². The van der Waals surface area contributed by atoms with E-state index in [1.54, 1.807) is 0 Å². The summed E-state index contributed by atoms with van der Waals surface area (Å²) < 4.78 is 5.70. The molecule has 1 aliphatic carbocycles. The molecule has 0 aromatic carbocycles. The van der Waals surface area contributed by atoms with Gasteiger partial charge in [-0.05, 0) is 64.1 Å². The molecule has 1 aromatic rings. The molecule has 1 fully saturated rings. The van der Waals surface area contributed by atoms with Gasteiger partial charge in [0.25, 0.3) is 0 Å². The normalized spacial score (nSPS) is 25.7. The fourth-order valence-corrected chi connectivity index (χ4v) is 3.49. The number of hydrogen-bond donors (Lipinski definition) is 1. The van der Waals surface area contributed by atoms with Gasteiger partial charge in [-0.1, -0.05) is 0 Å². The lowest BCUT2D eigenvalue weighted by Crippen LogP contribution is -2.27. The summed E-state index contributed by atoms with van der Waals surface area (Å²) in [7, 11) is 2.03. The van der Waals surface area contributed by atoms with Crippen molar-refractivity contribution in [1.82, 2.24) is 15.3 Å². The quantitative estimate of drug-likeness (QED) is 0.910. The summed E-state index contributed by atoms with van der Waals surface area (Å²) in [5.74, 6) is 1.72. The van der Waals surface area contributed by atoms with Crippen molar-refractivity contribution in [2.24, 2.45) is 5.92 Å². The SMILES string of the molecule is CNCC1CCc2nc(CC3CCCO3)nc(C)c2C1. The molecule has 0 bridgehead atoms. The molecule has 2 atom stereocenters. The molecule has 4 nitrogen and oxygen atoms in total. The molecule has 3 rings (SSSR count). The van der Waals surface area contributed by atoms with E-state index in [-0.39, 0.29) is 0 Å². The zero-order valence-electron chi connectivity index (χ0n) is 12.6. The van der Waals surface area contributed by atoms with Crippen molar-refractivity contribution in [3.8, 4) is 0 Å². The van der Waals surface area contributed by atoms with Gasteiger partial charge in [0.2, 0.25) is 0 Å². The number of fused-ring (bicyclic) bond motifs is 1. The van der Waals surface area contributed by atoms with E-state index in [4.69, 9.17) is 14.7 Å². The van der Waals surface area contributed by atoms with Crippen LogP contribution in [0.4, 0.5) is 0 Å². The van der Waals surface area contributed by atoms with Gasteiger partial charge >= 0.3 is 0 Å². The predicted octanol–water partition coefficient (Wildman–Crippen LogP) is 1.83. The summed E-state index contributed by atoms with van der Waals surface area (Å²) in [5.41, 5.74) is 3.87.